The van der Waals surface area contributed by atoms with Crippen LogP contribution in [0.5, 0.6) is 0 Å². The highest BCUT2D eigenvalue weighted by Crippen LogP contribution is 2.31. The van der Waals surface area contributed by atoms with Crippen molar-refractivity contribution in [2.24, 2.45) is 0 Å². The van der Waals surface area contributed by atoms with Crippen LogP contribution in [0.15, 0.2) is 24.3 Å². The molecule has 0 spiro atoms. The minimum Gasteiger partial charge on any atom is -0.390 e. The zero-order valence-corrected chi connectivity index (χ0v) is 11.0. The van der Waals surface area contributed by atoms with Crippen molar-refractivity contribution in [1.29, 1.82) is 0 Å². The number of amides is 3. The fraction of sp³-hybridized carbons (Fsp3) is 0.385. The molecule has 1 aromatic rings. The largest absolute Gasteiger partial charge is 0.390 e. The Balaban J connectivity index is 1.93. The van der Waals surface area contributed by atoms with E-state index in [1.165, 1.54) is 29.2 Å². The van der Waals surface area contributed by atoms with Crippen molar-refractivity contribution in [2.75, 3.05) is 11.4 Å². The van der Waals surface area contributed by atoms with Gasteiger partial charge in [-0.1, -0.05) is 0 Å². The lowest BCUT2D eigenvalue weighted by Gasteiger charge is -2.30. The first-order valence-electron chi connectivity index (χ1n) is 6.58. The summed E-state index contributed by atoms with van der Waals surface area (Å²) in [6, 6.07) is 3.86. The second-order valence-electron chi connectivity index (χ2n) is 5.08. The quantitative estimate of drug-likeness (QED) is 0.495. The minimum absolute atomic E-state index is 0.115. The lowest BCUT2D eigenvalue weighted by molar-refractivity contribution is -0.384. The summed E-state index contributed by atoms with van der Waals surface area (Å²) < 4.78 is 0. The highest BCUT2D eigenvalue weighted by molar-refractivity contribution is 6.21. The number of urea groups is 1. The summed E-state index contributed by atoms with van der Waals surface area (Å²) in [4.78, 5) is 37.1. The number of fused-ring (bicyclic) bond motifs is 1. The molecule has 0 saturated carbocycles. The third kappa shape index (κ3) is 2.04. The minimum atomic E-state index is -0.863. The molecule has 0 aliphatic carbocycles. The molecular formula is C13H13N3O5. The highest BCUT2D eigenvalue weighted by atomic mass is 16.6. The summed E-state index contributed by atoms with van der Waals surface area (Å²) in [7, 11) is 0. The fourth-order valence-corrected chi connectivity index (χ4v) is 2.80. The van der Waals surface area contributed by atoms with Gasteiger partial charge in [-0.05, 0) is 25.0 Å². The number of piperidine rings is 1. The number of nitro benzene ring substituents is 1. The van der Waals surface area contributed by atoms with Gasteiger partial charge in [0.05, 0.1) is 16.7 Å². The van der Waals surface area contributed by atoms with Crippen LogP contribution >= 0.6 is 0 Å². The van der Waals surface area contributed by atoms with E-state index in [9.17, 15) is 24.8 Å². The summed E-state index contributed by atoms with van der Waals surface area (Å²) in [6.45, 7) is 0.426. The molecule has 110 valence electrons. The summed E-state index contributed by atoms with van der Waals surface area (Å²) in [5.74, 6) is -0.485. The molecule has 0 aromatic heterocycles. The zero-order chi connectivity index (χ0) is 15.1. The van der Waals surface area contributed by atoms with Gasteiger partial charge >= 0.3 is 6.03 Å². The van der Waals surface area contributed by atoms with Gasteiger partial charge in [-0.2, -0.15) is 0 Å². The van der Waals surface area contributed by atoms with Crippen LogP contribution in [-0.2, 0) is 4.79 Å². The second kappa shape index (κ2) is 4.81. The standard InChI is InChI=1S/C13H13N3O5/c17-10-2-1-7-14-11(10)12(18)15(13(14)19)8-3-5-9(6-4-8)16(20)21/h3-6,10-11,17H,1-2,7H2. The van der Waals surface area contributed by atoms with Crippen molar-refractivity contribution in [3.8, 4) is 0 Å². The van der Waals surface area contributed by atoms with Gasteiger partial charge in [0.25, 0.3) is 11.6 Å². The van der Waals surface area contributed by atoms with Crippen molar-refractivity contribution < 1.29 is 19.6 Å². The molecule has 8 nitrogen and oxygen atoms in total. The first kappa shape index (κ1) is 13.5. The molecule has 2 aliphatic heterocycles. The van der Waals surface area contributed by atoms with Crippen LogP contribution in [0.25, 0.3) is 0 Å². The van der Waals surface area contributed by atoms with Crippen LogP contribution < -0.4 is 4.90 Å². The number of aliphatic hydroxyl groups excluding tert-OH is 1. The van der Waals surface area contributed by atoms with E-state index < -0.39 is 29.0 Å². The number of imide groups is 1. The lowest BCUT2D eigenvalue weighted by atomic mass is 10.00. The van der Waals surface area contributed by atoms with Gasteiger partial charge in [0.2, 0.25) is 0 Å². The van der Waals surface area contributed by atoms with Crippen LogP contribution in [0.3, 0.4) is 0 Å². The molecule has 2 saturated heterocycles. The number of hydrogen-bond acceptors (Lipinski definition) is 5. The Hall–Kier alpha value is -2.48. The average molecular weight is 291 g/mol. The predicted molar refractivity (Wildman–Crippen MR) is 71.7 cm³/mol. The van der Waals surface area contributed by atoms with Gasteiger partial charge in [0, 0.05) is 18.7 Å². The van der Waals surface area contributed by atoms with Crippen molar-refractivity contribution in [1.82, 2.24) is 4.90 Å². The molecule has 21 heavy (non-hydrogen) atoms. The molecule has 3 rings (SSSR count). The van der Waals surface area contributed by atoms with Crippen LogP contribution in [-0.4, -0.2) is 45.6 Å². The van der Waals surface area contributed by atoms with Gasteiger partial charge in [-0.15, -0.1) is 0 Å². The third-order valence-electron chi connectivity index (χ3n) is 3.83. The Labute approximate surface area is 119 Å². The molecule has 3 amide bonds. The summed E-state index contributed by atoms with van der Waals surface area (Å²) in [5.41, 5.74) is 0.160. The smallest absolute Gasteiger partial charge is 0.332 e. The number of non-ortho nitro benzene ring substituents is 1. The van der Waals surface area contributed by atoms with Gasteiger partial charge in [-0.3, -0.25) is 14.9 Å². The van der Waals surface area contributed by atoms with Gasteiger partial charge in [0.15, 0.2) is 0 Å². The van der Waals surface area contributed by atoms with Gasteiger partial charge in [0.1, 0.15) is 6.04 Å². The zero-order valence-electron chi connectivity index (χ0n) is 11.0. The molecule has 0 radical (unpaired) electrons. The van der Waals surface area contributed by atoms with E-state index in [0.717, 1.165) is 4.90 Å². The second-order valence-corrected chi connectivity index (χ2v) is 5.08. The number of aliphatic hydroxyl groups is 1. The van der Waals surface area contributed by atoms with Crippen molar-refractivity contribution in [3.63, 3.8) is 0 Å². The van der Waals surface area contributed by atoms with Crippen molar-refractivity contribution in [3.05, 3.63) is 34.4 Å². The number of carbonyl (C=O) groups excluding carboxylic acids is 2. The molecular weight excluding hydrogens is 278 g/mol. The Morgan fingerprint density at radius 2 is 1.90 bits per heavy atom. The van der Waals surface area contributed by atoms with Crippen molar-refractivity contribution >= 4 is 23.3 Å². The maximum atomic E-state index is 12.3. The number of rotatable bonds is 2. The normalized spacial score (nSPS) is 25.2. The van der Waals surface area contributed by atoms with E-state index in [2.05, 4.69) is 0 Å². The monoisotopic (exact) mass is 291 g/mol. The molecule has 1 aromatic carbocycles. The van der Waals surface area contributed by atoms with Crippen LogP contribution in [0, 0.1) is 10.1 Å². The summed E-state index contributed by atoms with van der Waals surface area (Å²) >= 11 is 0. The molecule has 8 heteroatoms. The van der Waals surface area contributed by atoms with E-state index in [1.54, 1.807) is 0 Å². The Morgan fingerprint density at radius 1 is 1.24 bits per heavy atom. The molecule has 2 atom stereocenters. The average Bonchev–Trinajstić information content (AvgIpc) is 2.72. The van der Waals surface area contributed by atoms with E-state index in [4.69, 9.17) is 0 Å². The first-order valence-corrected chi connectivity index (χ1v) is 6.58. The summed E-state index contributed by atoms with van der Waals surface area (Å²) in [6.07, 6.45) is 0.261. The van der Waals surface area contributed by atoms with Crippen molar-refractivity contribution in [2.45, 2.75) is 25.0 Å². The Kier molecular flexibility index (Phi) is 3.09. The first-order chi connectivity index (χ1) is 10.0. The Bertz CT molecular complexity index is 615. The molecule has 2 aliphatic rings. The van der Waals surface area contributed by atoms with E-state index in [1.807, 2.05) is 0 Å². The molecule has 0 bridgehead atoms. The number of benzene rings is 1. The van der Waals surface area contributed by atoms with Gasteiger partial charge < -0.3 is 10.0 Å². The number of nitrogens with zero attached hydrogens (tertiary/aromatic N) is 3. The van der Waals surface area contributed by atoms with Gasteiger partial charge in [-0.25, -0.2) is 9.69 Å². The third-order valence-corrected chi connectivity index (χ3v) is 3.83. The number of carbonyl (C=O) groups is 2. The van der Waals surface area contributed by atoms with Crippen LogP contribution in [0.1, 0.15) is 12.8 Å². The van der Waals surface area contributed by atoms with Crippen LogP contribution in [0.2, 0.25) is 0 Å². The summed E-state index contributed by atoms with van der Waals surface area (Å²) in [5, 5.41) is 20.5. The molecule has 2 unspecified atom stereocenters. The fourth-order valence-electron chi connectivity index (χ4n) is 2.80. The van der Waals surface area contributed by atoms with E-state index in [0.29, 0.717) is 19.4 Å². The number of nitro groups is 1. The SMILES string of the molecule is O=C1C2C(O)CCCN2C(=O)N1c1ccc([N+](=O)[O-])cc1. The Morgan fingerprint density at radius 3 is 2.48 bits per heavy atom. The topological polar surface area (TPSA) is 104 Å². The lowest BCUT2D eigenvalue weighted by Crippen LogP contribution is -2.48. The van der Waals surface area contributed by atoms with Crippen LogP contribution in [0.4, 0.5) is 16.2 Å². The molecule has 1 N–H and O–H groups in total. The highest BCUT2D eigenvalue weighted by Gasteiger charge is 2.50. The predicted octanol–water partition coefficient (Wildman–Crippen LogP) is 0.887. The number of hydrogen-bond donors (Lipinski definition) is 1. The number of anilines is 1. The van der Waals surface area contributed by atoms with E-state index >= 15 is 0 Å². The maximum Gasteiger partial charge on any atom is 0.332 e. The van der Waals surface area contributed by atoms with E-state index in [-0.39, 0.29) is 11.4 Å². The molecule has 2 heterocycles. The maximum absolute atomic E-state index is 12.3. The molecule has 2 fully saturated rings.